The van der Waals surface area contributed by atoms with Gasteiger partial charge in [0.2, 0.25) is 0 Å². The highest BCUT2D eigenvalue weighted by molar-refractivity contribution is 7.92. The highest BCUT2D eigenvalue weighted by Gasteiger charge is 2.15. The number of carbonyl (C=O) groups excluding carboxylic acids is 1. The zero-order valence-corrected chi connectivity index (χ0v) is 17.7. The van der Waals surface area contributed by atoms with E-state index in [9.17, 15) is 13.2 Å². The van der Waals surface area contributed by atoms with Crippen molar-refractivity contribution in [2.45, 2.75) is 38.6 Å². The lowest BCUT2D eigenvalue weighted by molar-refractivity contribution is 0.0946. The van der Waals surface area contributed by atoms with Crippen LogP contribution in [0.5, 0.6) is 0 Å². The zero-order chi connectivity index (χ0) is 20.7. The first-order valence-electron chi connectivity index (χ1n) is 9.44. The lowest BCUT2D eigenvalue weighted by Gasteiger charge is -2.24. The van der Waals surface area contributed by atoms with Crippen molar-refractivity contribution < 1.29 is 13.2 Å². The molecule has 0 unspecified atom stereocenters. The minimum absolute atomic E-state index is 0.113. The number of amides is 1. The number of hydrogen-bond donors (Lipinski definition) is 2. The van der Waals surface area contributed by atoms with E-state index >= 15 is 0 Å². The van der Waals surface area contributed by atoms with Gasteiger partial charge in [0.25, 0.3) is 15.9 Å². The molecule has 2 aromatic rings. The van der Waals surface area contributed by atoms with Crippen LogP contribution in [0.2, 0.25) is 0 Å². The molecule has 0 heterocycles. The Morgan fingerprint density at radius 2 is 1.64 bits per heavy atom. The number of sulfonamides is 1. The Bertz CT molecular complexity index is 876. The largest absolute Gasteiger partial charge is 0.351 e. The van der Waals surface area contributed by atoms with Crippen molar-refractivity contribution in [3.8, 4) is 0 Å². The molecule has 0 spiro atoms. The van der Waals surface area contributed by atoms with Crippen LogP contribution in [0.4, 0.5) is 5.69 Å². The topological polar surface area (TPSA) is 78.5 Å². The molecule has 0 radical (unpaired) electrons. The first-order chi connectivity index (χ1) is 13.2. The van der Waals surface area contributed by atoms with E-state index in [4.69, 9.17) is 0 Å². The van der Waals surface area contributed by atoms with Crippen molar-refractivity contribution >= 4 is 21.6 Å². The van der Waals surface area contributed by atoms with Gasteiger partial charge in [-0.05, 0) is 63.7 Å². The first kappa shape index (κ1) is 21.9. The highest BCUT2D eigenvalue weighted by atomic mass is 32.2. The second-order valence-electron chi connectivity index (χ2n) is 6.97. The number of rotatable bonds is 9. The third-order valence-corrected chi connectivity index (χ3v) is 5.95. The van der Waals surface area contributed by atoms with E-state index < -0.39 is 10.0 Å². The second-order valence-corrected chi connectivity index (χ2v) is 8.66. The Hall–Kier alpha value is -2.38. The van der Waals surface area contributed by atoms with E-state index in [0.29, 0.717) is 23.8 Å². The molecule has 2 N–H and O–H groups in total. The summed E-state index contributed by atoms with van der Waals surface area (Å²) in [6, 6.07) is 13.5. The van der Waals surface area contributed by atoms with Gasteiger partial charge in [0.05, 0.1) is 4.90 Å². The van der Waals surface area contributed by atoms with Crippen LogP contribution in [0.15, 0.2) is 53.4 Å². The molecule has 0 atom stereocenters. The SMILES string of the molecule is CCN(CCNC(=O)c1ccc(S(=O)(=O)Nc2ccc(C)cc2)cc1)C(C)C. The maximum Gasteiger partial charge on any atom is 0.261 e. The molecule has 2 aromatic carbocycles. The number of nitrogens with zero attached hydrogens (tertiary/aromatic N) is 1. The molecule has 6 nitrogen and oxygen atoms in total. The van der Waals surface area contributed by atoms with Gasteiger partial charge in [0, 0.05) is 30.4 Å². The summed E-state index contributed by atoms with van der Waals surface area (Å²) in [6.07, 6.45) is 0. The zero-order valence-electron chi connectivity index (χ0n) is 16.9. The fourth-order valence-electron chi connectivity index (χ4n) is 2.82. The Morgan fingerprint density at radius 1 is 1.04 bits per heavy atom. The maximum atomic E-state index is 12.5. The van der Waals surface area contributed by atoms with Crippen LogP contribution in [-0.4, -0.2) is 44.9 Å². The quantitative estimate of drug-likeness (QED) is 0.674. The molecule has 0 fully saturated rings. The van der Waals surface area contributed by atoms with Crippen LogP contribution in [0.25, 0.3) is 0 Å². The summed E-state index contributed by atoms with van der Waals surface area (Å²) in [5.41, 5.74) is 1.98. The summed E-state index contributed by atoms with van der Waals surface area (Å²) >= 11 is 0. The van der Waals surface area contributed by atoms with Crippen molar-refractivity contribution in [1.82, 2.24) is 10.2 Å². The highest BCUT2D eigenvalue weighted by Crippen LogP contribution is 2.17. The third kappa shape index (κ3) is 6.07. The summed E-state index contributed by atoms with van der Waals surface area (Å²) in [7, 11) is -3.70. The number of benzene rings is 2. The minimum atomic E-state index is -3.70. The average Bonchev–Trinajstić information content (AvgIpc) is 2.66. The van der Waals surface area contributed by atoms with Gasteiger partial charge in [-0.3, -0.25) is 14.4 Å². The maximum absolute atomic E-state index is 12.5. The first-order valence-corrected chi connectivity index (χ1v) is 10.9. The van der Waals surface area contributed by atoms with E-state index in [-0.39, 0.29) is 10.8 Å². The van der Waals surface area contributed by atoms with Crippen molar-refractivity contribution in [1.29, 1.82) is 0 Å². The van der Waals surface area contributed by atoms with Crippen LogP contribution in [0.1, 0.15) is 36.7 Å². The van der Waals surface area contributed by atoms with E-state index in [1.54, 1.807) is 12.1 Å². The van der Waals surface area contributed by atoms with E-state index in [1.807, 2.05) is 19.1 Å². The Morgan fingerprint density at radius 3 is 2.18 bits per heavy atom. The molecule has 0 saturated carbocycles. The summed E-state index contributed by atoms with van der Waals surface area (Å²) in [4.78, 5) is 14.6. The Balaban J connectivity index is 1.98. The van der Waals surface area contributed by atoms with Crippen LogP contribution < -0.4 is 10.0 Å². The minimum Gasteiger partial charge on any atom is -0.351 e. The summed E-state index contributed by atoms with van der Waals surface area (Å²) in [5.74, 6) is -0.213. The van der Waals surface area contributed by atoms with Gasteiger partial charge in [-0.15, -0.1) is 0 Å². The van der Waals surface area contributed by atoms with Gasteiger partial charge in [0.1, 0.15) is 0 Å². The van der Waals surface area contributed by atoms with Gasteiger partial charge in [-0.25, -0.2) is 8.42 Å². The normalized spacial score (nSPS) is 11.6. The van der Waals surface area contributed by atoms with Gasteiger partial charge in [0.15, 0.2) is 0 Å². The Labute approximate surface area is 168 Å². The number of likely N-dealkylation sites (N-methyl/N-ethyl adjacent to an activating group) is 1. The molecule has 28 heavy (non-hydrogen) atoms. The number of nitrogens with one attached hydrogen (secondary N) is 2. The number of hydrogen-bond acceptors (Lipinski definition) is 4. The fourth-order valence-corrected chi connectivity index (χ4v) is 3.88. The molecule has 152 valence electrons. The molecule has 0 bridgehead atoms. The van der Waals surface area contributed by atoms with E-state index in [0.717, 1.165) is 18.7 Å². The van der Waals surface area contributed by atoms with Crippen LogP contribution in [0, 0.1) is 6.92 Å². The average molecular weight is 404 g/mol. The van der Waals surface area contributed by atoms with Gasteiger partial charge in [-0.1, -0.05) is 24.6 Å². The lowest BCUT2D eigenvalue weighted by Crippen LogP contribution is -2.38. The number of aryl methyl sites for hydroxylation is 1. The van der Waals surface area contributed by atoms with Crippen LogP contribution in [-0.2, 0) is 10.0 Å². The standard InChI is InChI=1S/C21H29N3O3S/c1-5-24(16(2)3)15-14-22-21(25)18-8-12-20(13-9-18)28(26,27)23-19-10-6-17(4)7-11-19/h6-13,16,23H,5,14-15H2,1-4H3,(H,22,25). The summed E-state index contributed by atoms with van der Waals surface area (Å²) in [5, 5.41) is 2.88. The lowest BCUT2D eigenvalue weighted by atomic mass is 10.2. The predicted octanol–water partition coefficient (Wildman–Crippen LogP) is 3.26. The fraction of sp³-hybridized carbons (Fsp3) is 0.381. The molecule has 2 rings (SSSR count). The predicted molar refractivity (Wildman–Crippen MR) is 113 cm³/mol. The molecule has 0 aliphatic heterocycles. The van der Waals surface area contributed by atoms with E-state index in [1.165, 1.54) is 24.3 Å². The molecule has 1 amide bonds. The molecule has 0 aromatic heterocycles. The molecular weight excluding hydrogens is 374 g/mol. The van der Waals surface area contributed by atoms with Crippen molar-refractivity contribution in [3.63, 3.8) is 0 Å². The molecular formula is C21H29N3O3S. The summed E-state index contributed by atoms with van der Waals surface area (Å²) in [6.45, 7) is 10.5. The molecule has 0 saturated heterocycles. The van der Waals surface area contributed by atoms with Crippen molar-refractivity contribution in [2.24, 2.45) is 0 Å². The van der Waals surface area contributed by atoms with Crippen LogP contribution in [0.3, 0.4) is 0 Å². The van der Waals surface area contributed by atoms with Crippen LogP contribution >= 0.6 is 0 Å². The van der Waals surface area contributed by atoms with Gasteiger partial charge < -0.3 is 5.32 Å². The van der Waals surface area contributed by atoms with Gasteiger partial charge in [-0.2, -0.15) is 0 Å². The van der Waals surface area contributed by atoms with Gasteiger partial charge >= 0.3 is 0 Å². The smallest absolute Gasteiger partial charge is 0.261 e. The molecule has 0 aliphatic carbocycles. The molecule has 7 heteroatoms. The number of carbonyl (C=O) groups is 1. The summed E-state index contributed by atoms with van der Waals surface area (Å²) < 4.78 is 27.5. The monoisotopic (exact) mass is 403 g/mol. The second kappa shape index (κ2) is 9.71. The molecule has 0 aliphatic rings. The number of anilines is 1. The van der Waals surface area contributed by atoms with E-state index in [2.05, 4.69) is 35.7 Å². The Kier molecular flexibility index (Phi) is 7.60. The van der Waals surface area contributed by atoms with Crippen molar-refractivity contribution in [2.75, 3.05) is 24.4 Å². The van der Waals surface area contributed by atoms with Crippen molar-refractivity contribution in [3.05, 3.63) is 59.7 Å². The third-order valence-electron chi connectivity index (χ3n) is 4.55.